The first-order valence-corrected chi connectivity index (χ1v) is 14.3. The topological polar surface area (TPSA) is 95.6 Å². The van der Waals surface area contributed by atoms with Crippen molar-refractivity contribution in [1.29, 1.82) is 0 Å². The number of sulfonamides is 1. The molecule has 4 aliphatic carbocycles. The number of carbonyl (C=O) groups excluding carboxylic acids is 2. The highest BCUT2D eigenvalue weighted by Gasteiger charge is 2.60. The van der Waals surface area contributed by atoms with Gasteiger partial charge in [0.1, 0.15) is 0 Å². The molecule has 2 N–H and O–H groups in total. The van der Waals surface area contributed by atoms with Gasteiger partial charge in [-0.25, -0.2) is 8.42 Å². The molecule has 0 spiro atoms. The summed E-state index contributed by atoms with van der Waals surface area (Å²) in [7, 11) is -3.61. The third-order valence-electron chi connectivity index (χ3n) is 8.61. The Labute approximate surface area is 203 Å². The Morgan fingerprint density at radius 1 is 1.00 bits per heavy atom. The second-order valence-corrected chi connectivity index (χ2v) is 13.4. The maximum Gasteiger partial charge on any atom is 0.243 e. The first kappa shape index (κ1) is 23.8. The van der Waals surface area contributed by atoms with Crippen LogP contribution in [-0.2, 0) is 19.6 Å². The van der Waals surface area contributed by atoms with Crippen molar-refractivity contribution in [3.63, 3.8) is 0 Å². The van der Waals surface area contributed by atoms with E-state index in [1.807, 2.05) is 6.92 Å². The lowest BCUT2D eigenvalue weighted by Gasteiger charge is -2.61. The summed E-state index contributed by atoms with van der Waals surface area (Å²) >= 11 is 0. The Bertz CT molecular complexity index is 1080. The summed E-state index contributed by atoms with van der Waals surface area (Å²) in [6.07, 6.45) is 9.31. The van der Waals surface area contributed by atoms with Crippen LogP contribution in [0.15, 0.2) is 23.1 Å². The van der Waals surface area contributed by atoms with Gasteiger partial charge in [-0.15, -0.1) is 0 Å². The summed E-state index contributed by atoms with van der Waals surface area (Å²) in [5, 5.41) is 6.29. The fraction of sp³-hybridized carbons (Fsp3) is 0.692. The maximum absolute atomic E-state index is 13.7. The first-order valence-electron chi connectivity index (χ1n) is 12.8. The average Bonchev–Trinajstić information content (AvgIpc) is 3.03. The molecular formula is C26H37N3O4S. The lowest BCUT2D eigenvalue weighted by Crippen LogP contribution is -2.65. The van der Waals surface area contributed by atoms with Gasteiger partial charge in [0, 0.05) is 31.2 Å². The summed E-state index contributed by atoms with van der Waals surface area (Å²) in [5.41, 5.74) is 0.457. The SMILES string of the molecule is CC(=O)NC12CC3CC(C1)CC(C(=O)Nc1ccc(C)c(S(=O)(=O)N4CCCCCC4)c1)(C3)C2. The van der Waals surface area contributed by atoms with Crippen molar-refractivity contribution in [2.45, 2.75) is 88.5 Å². The van der Waals surface area contributed by atoms with E-state index < -0.39 is 15.4 Å². The molecule has 0 aromatic heterocycles. The third-order valence-corrected chi connectivity index (χ3v) is 10.7. The summed E-state index contributed by atoms with van der Waals surface area (Å²) < 4.78 is 28.5. The molecule has 5 fully saturated rings. The quantitative estimate of drug-likeness (QED) is 0.657. The molecule has 6 rings (SSSR count). The van der Waals surface area contributed by atoms with E-state index in [1.54, 1.807) is 29.4 Å². The van der Waals surface area contributed by atoms with Gasteiger partial charge >= 0.3 is 0 Å². The predicted molar refractivity (Wildman–Crippen MR) is 131 cm³/mol. The van der Waals surface area contributed by atoms with E-state index in [1.165, 1.54) is 0 Å². The Hall–Kier alpha value is -1.93. The maximum atomic E-state index is 13.7. The molecule has 1 aromatic rings. The number of hydrogen-bond donors (Lipinski definition) is 2. The molecule has 34 heavy (non-hydrogen) atoms. The second kappa shape index (κ2) is 8.63. The molecule has 1 saturated heterocycles. The molecule has 2 unspecified atom stereocenters. The summed E-state index contributed by atoms with van der Waals surface area (Å²) in [4.78, 5) is 25.9. The standard InChI is InChI=1S/C26H37N3O4S/c1-18-7-8-22(12-23(18)34(32,33)29-9-5-3-4-6-10-29)27-24(31)25-13-20-11-21(14-25)16-26(15-20,17-25)28-19(2)30/h7-8,12,20-21H,3-6,9-11,13-17H2,1-2H3,(H,27,31)(H,28,30). The lowest BCUT2D eigenvalue weighted by atomic mass is 9.46. The first-order chi connectivity index (χ1) is 16.1. The molecule has 5 aliphatic rings. The van der Waals surface area contributed by atoms with Crippen LogP contribution in [0, 0.1) is 24.2 Å². The van der Waals surface area contributed by atoms with E-state index in [4.69, 9.17) is 0 Å². The zero-order valence-electron chi connectivity index (χ0n) is 20.4. The fourth-order valence-corrected chi connectivity index (χ4v) is 9.46. The van der Waals surface area contributed by atoms with E-state index in [0.29, 0.717) is 42.6 Å². The van der Waals surface area contributed by atoms with Crippen molar-refractivity contribution < 1.29 is 18.0 Å². The molecule has 1 heterocycles. The van der Waals surface area contributed by atoms with Gasteiger partial charge in [0.15, 0.2) is 0 Å². The third kappa shape index (κ3) is 4.28. The van der Waals surface area contributed by atoms with Crippen LogP contribution in [0.1, 0.15) is 76.7 Å². The Morgan fingerprint density at radius 2 is 1.65 bits per heavy atom. The van der Waals surface area contributed by atoms with Crippen LogP contribution < -0.4 is 10.6 Å². The number of nitrogens with one attached hydrogen (secondary N) is 2. The van der Waals surface area contributed by atoms with Crippen LogP contribution in [-0.4, -0.2) is 43.2 Å². The molecule has 1 aliphatic heterocycles. The highest BCUT2D eigenvalue weighted by atomic mass is 32.2. The van der Waals surface area contributed by atoms with E-state index in [-0.39, 0.29) is 22.2 Å². The minimum Gasteiger partial charge on any atom is -0.351 e. The minimum atomic E-state index is -3.61. The van der Waals surface area contributed by atoms with Gasteiger partial charge in [0.05, 0.1) is 10.3 Å². The number of anilines is 1. The van der Waals surface area contributed by atoms with E-state index >= 15 is 0 Å². The van der Waals surface area contributed by atoms with Crippen LogP contribution in [0.2, 0.25) is 0 Å². The van der Waals surface area contributed by atoms with Crippen molar-refractivity contribution in [2.75, 3.05) is 18.4 Å². The van der Waals surface area contributed by atoms with E-state index in [2.05, 4.69) is 10.6 Å². The van der Waals surface area contributed by atoms with Crippen molar-refractivity contribution in [3.8, 4) is 0 Å². The van der Waals surface area contributed by atoms with Gasteiger partial charge in [-0.2, -0.15) is 4.31 Å². The van der Waals surface area contributed by atoms with E-state index in [9.17, 15) is 18.0 Å². The molecule has 2 atom stereocenters. The van der Waals surface area contributed by atoms with Gasteiger partial charge in [-0.3, -0.25) is 9.59 Å². The zero-order valence-corrected chi connectivity index (χ0v) is 21.2. The number of carbonyl (C=O) groups is 2. The monoisotopic (exact) mass is 487 g/mol. The molecule has 2 amide bonds. The smallest absolute Gasteiger partial charge is 0.243 e. The van der Waals surface area contributed by atoms with Crippen molar-refractivity contribution >= 4 is 27.5 Å². The number of aryl methyl sites for hydroxylation is 1. The van der Waals surface area contributed by atoms with Crippen molar-refractivity contribution in [2.24, 2.45) is 17.3 Å². The Kier molecular flexibility index (Phi) is 6.04. The molecule has 4 bridgehead atoms. The van der Waals surface area contributed by atoms with Crippen LogP contribution in [0.3, 0.4) is 0 Å². The summed E-state index contributed by atoms with van der Waals surface area (Å²) in [6, 6.07) is 5.23. The van der Waals surface area contributed by atoms with Gasteiger partial charge in [-0.1, -0.05) is 18.9 Å². The van der Waals surface area contributed by atoms with E-state index in [0.717, 1.165) is 57.8 Å². The van der Waals surface area contributed by atoms with Gasteiger partial charge < -0.3 is 10.6 Å². The molecule has 8 heteroatoms. The number of hydrogen-bond acceptors (Lipinski definition) is 4. The van der Waals surface area contributed by atoms with Crippen LogP contribution in [0.5, 0.6) is 0 Å². The molecule has 1 aromatic carbocycles. The number of nitrogens with zero attached hydrogens (tertiary/aromatic N) is 1. The van der Waals surface area contributed by atoms with Crippen molar-refractivity contribution in [1.82, 2.24) is 9.62 Å². The van der Waals surface area contributed by atoms with Gasteiger partial charge in [0.2, 0.25) is 21.8 Å². The zero-order chi connectivity index (χ0) is 24.1. The number of benzene rings is 1. The molecule has 4 saturated carbocycles. The second-order valence-electron chi connectivity index (χ2n) is 11.5. The molecular weight excluding hydrogens is 450 g/mol. The highest BCUT2D eigenvalue weighted by molar-refractivity contribution is 7.89. The average molecular weight is 488 g/mol. The molecule has 186 valence electrons. The van der Waals surface area contributed by atoms with Crippen molar-refractivity contribution in [3.05, 3.63) is 23.8 Å². The van der Waals surface area contributed by atoms with Gasteiger partial charge in [-0.05, 0) is 87.8 Å². The summed E-state index contributed by atoms with van der Waals surface area (Å²) in [5.74, 6) is 0.851. The van der Waals surface area contributed by atoms with Crippen LogP contribution in [0.4, 0.5) is 5.69 Å². The Morgan fingerprint density at radius 3 is 2.26 bits per heavy atom. The lowest BCUT2D eigenvalue weighted by molar-refractivity contribution is -0.148. The normalized spacial score (nSPS) is 33.4. The van der Waals surface area contributed by atoms with Crippen LogP contribution >= 0.6 is 0 Å². The molecule has 0 radical (unpaired) electrons. The highest BCUT2D eigenvalue weighted by Crippen LogP contribution is 2.62. The predicted octanol–water partition coefficient (Wildman–Crippen LogP) is 3.97. The molecule has 7 nitrogen and oxygen atoms in total. The largest absolute Gasteiger partial charge is 0.351 e. The fourth-order valence-electron chi connectivity index (χ4n) is 7.69. The van der Waals surface area contributed by atoms with Crippen LogP contribution in [0.25, 0.3) is 0 Å². The number of rotatable bonds is 5. The minimum absolute atomic E-state index is 0.0283. The Balaban J connectivity index is 1.39. The number of amides is 2. The summed E-state index contributed by atoms with van der Waals surface area (Å²) in [6.45, 7) is 4.47. The van der Waals surface area contributed by atoms with Gasteiger partial charge in [0.25, 0.3) is 0 Å².